The van der Waals surface area contributed by atoms with E-state index >= 15 is 0 Å². The molecule has 0 unspecified atom stereocenters. The first-order chi connectivity index (χ1) is 15.1. The number of likely N-dealkylation sites (tertiary alicyclic amines) is 1. The highest BCUT2D eigenvalue weighted by Gasteiger charge is 2.33. The molecule has 1 saturated heterocycles. The van der Waals surface area contributed by atoms with Crippen LogP contribution in [0.25, 0.3) is 11.1 Å². The monoisotopic (exact) mass is 418 g/mol. The summed E-state index contributed by atoms with van der Waals surface area (Å²) in [5.41, 5.74) is 5.48. The summed E-state index contributed by atoms with van der Waals surface area (Å²) in [6.07, 6.45) is 8.92. The number of carbonyl (C=O) groups excluding carboxylic acids is 1. The molecule has 1 amide bonds. The third-order valence-electron chi connectivity index (χ3n) is 5.92. The number of carbonyl (C=O) groups is 1. The fourth-order valence-electron chi connectivity index (χ4n) is 4.40. The normalized spacial score (nSPS) is 16.0. The Labute approximate surface area is 183 Å². The quantitative estimate of drug-likeness (QED) is 0.567. The van der Waals surface area contributed by atoms with E-state index in [-0.39, 0.29) is 11.9 Å². The van der Waals surface area contributed by atoms with Crippen molar-refractivity contribution >= 4 is 5.91 Å². The van der Waals surface area contributed by atoms with Crippen LogP contribution in [0.2, 0.25) is 0 Å². The molecule has 1 aliphatic rings. The van der Waals surface area contributed by atoms with Gasteiger partial charge in [0.1, 0.15) is 5.75 Å². The Hall–Kier alpha value is -3.15. The smallest absolute Gasteiger partial charge is 0.223 e. The summed E-state index contributed by atoms with van der Waals surface area (Å²) in [7, 11) is 1.94. The average Bonchev–Trinajstić information content (AvgIpc) is 3.40. The van der Waals surface area contributed by atoms with Crippen LogP contribution in [0.5, 0.6) is 5.75 Å². The van der Waals surface area contributed by atoms with Gasteiger partial charge < -0.3 is 9.64 Å². The van der Waals surface area contributed by atoms with E-state index in [2.05, 4.69) is 18.1 Å². The predicted molar refractivity (Wildman–Crippen MR) is 121 cm³/mol. The molecular formula is C25H30N4O2. The molecule has 31 heavy (non-hydrogen) atoms. The van der Waals surface area contributed by atoms with Gasteiger partial charge in [-0.25, -0.2) is 0 Å². The molecule has 1 atom stereocenters. The maximum atomic E-state index is 13.2. The van der Waals surface area contributed by atoms with E-state index in [0.717, 1.165) is 59.5 Å². The highest BCUT2D eigenvalue weighted by atomic mass is 16.5. The number of aromatic nitrogens is 3. The van der Waals surface area contributed by atoms with Crippen molar-refractivity contribution in [1.29, 1.82) is 0 Å². The highest BCUT2D eigenvalue weighted by Crippen LogP contribution is 2.38. The first-order valence-electron chi connectivity index (χ1n) is 11.0. The van der Waals surface area contributed by atoms with Gasteiger partial charge in [-0.15, -0.1) is 0 Å². The average molecular weight is 419 g/mol. The largest absolute Gasteiger partial charge is 0.494 e. The number of rotatable bonds is 7. The number of aryl methyl sites for hydroxylation is 3. The van der Waals surface area contributed by atoms with Crippen molar-refractivity contribution in [3.63, 3.8) is 0 Å². The Morgan fingerprint density at radius 2 is 2.00 bits per heavy atom. The summed E-state index contributed by atoms with van der Waals surface area (Å²) in [5, 5.41) is 4.78. The van der Waals surface area contributed by atoms with Crippen molar-refractivity contribution in [3.05, 3.63) is 65.7 Å². The van der Waals surface area contributed by atoms with Crippen LogP contribution in [0.4, 0.5) is 0 Å². The summed E-state index contributed by atoms with van der Waals surface area (Å²) in [4.78, 5) is 19.4. The molecule has 3 heterocycles. The summed E-state index contributed by atoms with van der Waals surface area (Å²) < 4.78 is 7.35. The van der Waals surface area contributed by atoms with Gasteiger partial charge in [0.05, 0.1) is 18.3 Å². The van der Waals surface area contributed by atoms with Crippen molar-refractivity contribution in [2.45, 2.75) is 45.6 Å². The maximum absolute atomic E-state index is 13.2. The predicted octanol–water partition coefficient (Wildman–Crippen LogP) is 4.49. The molecular weight excluding hydrogens is 388 g/mol. The molecule has 0 N–H and O–H groups in total. The number of hydrogen-bond acceptors (Lipinski definition) is 4. The van der Waals surface area contributed by atoms with Gasteiger partial charge >= 0.3 is 0 Å². The number of ether oxygens (including phenoxy) is 1. The Bertz CT molecular complexity index is 1040. The molecule has 0 radical (unpaired) electrons. The van der Waals surface area contributed by atoms with Crippen molar-refractivity contribution in [2.24, 2.45) is 7.05 Å². The van der Waals surface area contributed by atoms with Crippen LogP contribution in [-0.4, -0.2) is 38.7 Å². The molecule has 4 rings (SSSR count). The summed E-state index contributed by atoms with van der Waals surface area (Å²) in [6.45, 7) is 5.48. The number of hydrogen-bond donors (Lipinski definition) is 0. The zero-order valence-corrected chi connectivity index (χ0v) is 18.5. The van der Waals surface area contributed by atoms with Crippen LogP contribution in [0, 0.1) is 6.92 Å². The third-order valence-corrected chi connectivity index (χ3v) is 5.92. The minimum atomic E-state index is 0.0246. The zero-order valence-electron chi connectivity index (χ0n) is 18.5. The number of nitrogens with zero attached hydrogens (tertiary/aromatic N) is 4. The summed E-state index contributed by atoms with van der Waals surface area (Å²) in [5.74, 6) is 1.06. The van der Waals surface area contributed by atoms with Crippen LogP contribution in [0.3, 0.4) is 0 Å². The lowest BCUT2D eigenvalue weighted by molar-refractivity contribution is -0.132. The molecule has 3 aromatic rings. The van der Waals surface area contributed by atoms with Crippen LogP contribution in [-0.2, 0) is 18.3 Å². The minimum Gasteiger partial charge on any atom is -0.494 e. The SMILES string of the molecule is CCOc1ccc(CCC(=O)N2CCC[C@@H]2c2nn(C)cc2-c2ccncc2C)cc1. The van der Waals surface area contributed by atoms with Gasteiger partial charge in [-0.2, -0.15) is 5.10 Å². The van der Waals surface area contributed by atoms with E-state index in [1.165, 1.54) is 0 Å². The van der Waals surface area contributed by atoms with Crippen LogP contribution < -0.4 is 4.74 Å². The molecule has 1 aromatic carbocycles. The van der Waals surface area contributed by atoms with Crippen LogP contribution in [0.1, 0.15) is 49.0 Å². The summed E-state index contributed by atoms with van der Waals surface area (Å²) in [6, 6.07) is 10.1. The van der Waals surface area contributed by atoms with Gasteiger partial charge in [0, 0.05) is 44.2 Å². The molecule has 6 heteroatoms. The van der Waals surface area contributed by atoms with E-state index in [9.17, 15) is 4.79 Å². The van der Waals surface area contributed by atoms with Gasteiger partial charge in [0.25, 0.3) is 0 Å². The van der Waals surface area contributed by atoms with Crippen molar-refractivity contribution in [1.82, 2.24) is 19.7 Å². The fourth-order valence-corrected chi connectivity index (χ4v) is 4.40. The highest BCUT2D eigenvalue weighted by molar-refractivity contribution is 5.78. The van der Waals surface area contributed by atoms with E-state index in [1.807, 2.05) is 66.3 Å². The van der Waals surface area contributed by atoms with Gasteiger partial charge in [0.2, 0.25) is 5.91 Å². The second-order valence-corrected chi connectivity index (χ2v) is 8.11. The number of pyridine rings is 1. The minimum absolute atomic E-state index is 0.0246. The lowest BCUT2D eigenvalue weighted by Crippen LogP contribution is -2.31. The molecule has 0 saturated carbocycles. The number of benzene rings is 1. The first kappa shape index (κ1) is 21.1. The molecule has 162 valence electrons. The van der Waals surface area contributed by atoms with E-state index in [4.69, 9.17) is 9.84 Å². The molecule has 0 spiro atoms. The van der Waals surface area contributed by atoms with Crippen LogP contribution >= 0.6 is 0 Å². The number of amides is 1. The van der Waals surface area contributed by atoms with Gasteiger partial charge in [-0.1, -0.05) is 12.1 Å². The second-order valence-electron chi connectivity index (χ2n) is 8.11. The summed E-state index contributed by atoms with van der Waals surface area (Å²) >= 11 is 0. The molecule has 0 aliphatic carbocycles. The maximum Gasteiger partial charge on any atom is 0.223 e. The Balaban J connectivity index is 1.49. The molecule has 2 aromatic heterocycles. The first-order valence-corrected chi connectivity index (χ1v) is 11.0. The lowest BCUT2D eigenvalue weighted by Gasteiger charge is -2.24. The molecule has 6 nitrogen and oxygen atoms in total. The van der Waals surface area contributed by atoms with Gasteiger partial charge in [-0.05, 0) is 68.0 Å². The van der Waals surface area contributed by atoms with Crippen molar-refractivity contribution < 1.29 is 9.53 Å². The standard InChI is InChI=1S/C25H30N4O2/c1-4-31-20-10-7-19(8-11-20)9-12-24(30)29-15-5-6-23(29)25-22(17-28(3)27-25)21-13-14-26-16-18(21)2/h7-8,10-11,13-14,16-17,23H,4-6,9,12,15H2,1-3H3/t23-/m1/s1. The Morgan fingerprint density at radius 3 is 2.74 bits per heavy atom. The van der Waals surface area contributed by atoms with Crippen LogP contribution in [0.15, 0.2) is 48.9 Å². The van der Waals surface area contributed by atoms with Crippen molar-refractivity contribution in [3.8, 4) is 16.9 Å². The lowest BCUT2D eigenvalue weighted by atomic mass is 9.98. The van der Waals surface area contributed by atoms with Gasteiger partial charge in [-0.3, -0.25) is 14.5 Å². The van der Waals surface area contributed by atoms with Crippen molar-refractivity contribution in [2.75, 3.05) is 13.2 Å². The topological polar surface area (TPSA) is 60.2 Å². The molecule has 1 aliphatic heterocycles. The van der Waals surface area contributed by atoms with E-state index in [0.29, 0.717) is 13.0 Å². The molecule has 1 fully saturated rings. The second kappa shape index (κ2) is 9.33. The van der Waals surface area contributed by atoms with E-state index in [1.54, 1.807) is 0 Å². The zero-order chi connectivity index (χ0) is 21.8. The van der Waals surface area contributed by atoms with E-state index < -0.39 is 0 Å². The third kappa shape index (κ3) is 4.63. The Kier molecular flexibility index (Phi) is 6.35. The fraction of sp³-hybridized carbons (Fsp3) is 0.400. The molecule has 0 bridgehead atoms. The van der Waals surface area contributed by atoms with Gasteiger partial charge in [0.15, 0.2) is 0 Å². The Morgan fingerprint density at radius 1 is 1.19 bits per heavy atom.